The molecule has 1 rings (SSSR count). The van der Waals surface area contributed by atoms with E-state index in [-0.39, 0.29) is 11.9 Å². The summed E-state index contributed by atoms with van der Waals surface area (Å²) >= 11 is 0. The Morgan fingerprint density at radius 2 is 2.36 bits per heavy atom. The zero-order valence-electron chi connectivity index (χ0n) is 6.80. The predicted octanol–water partition coefficient (Wildman–Crippen LogP) is -0.225. The van der Waals surface area contributed by atoms with Gasteiger partial charge in [-0.25, -0.2) is 4.39 Å². The molecule has 3 nitrogen and oxygen atoms in total. The summed E-state index contributed by atoms with van der Waals surface area (Å²) in [5, 5.41) is 2.51. The Balaban J connectivity index is 2.52. The SMILES string of the molecule is CNC(=O)[C@@H]1C[C@@H](F)CN1C. The zero-order chi connectivity index (χ0) is 8.43. The van der Waals surface area contributed by atoms with Crippen LogP contribution in [-0.4, -0.2) is 43.7 Å². The number of carbonyl (C=O) groups is 1. The quantitative estimate of drug-likeness (QED) is 0.575. The molecule has 4 heteroatoms. The highest BCUT2D eigenvalue weighted by molar-refractivity contribution is 5.81. The van der Waals surface area contributed by atoms with E-state index < -0.39 is 6.17 Å². The number of alkyl halides is 1. The topological polar surface area (TPSA) is 32.3 Å². The Kier molecular flexibility index (Phi) is 2.44. The van der Waals surface area contributed by atoms with Crippen LogP contribution in [0.2, 0.25) is 0 Å². The van der Waals surface area contributed by atoms with Gasteiger partial charge in [-0.05, 0) is 7.05 Å². The van der Waals surface area contributed by atoms with E-state index in [4.69, 9.17) is 0 Å². The molecule has 0 saturated carbocycles. The molecular formula is C7H13FN2O. The minimum atomic E-state index is -0.845. The lowest BCUT2D eigenvalue weighted by atomic mass is 10.2. The molecule has 1 saturated heterocycles. The minimum absolute atomic E-state index is 0.0901. The molecule has 0 radical (unpaired) electrons. The maximum Gasteiger partial charge on any atom is 0.237 e. The molecule has 1 amide bonds. The highest BCUT2D eigenvalue weighted by atomic mass is 19.1. The molecule has 1 aliphatic rings. The lowest BCUT2D eigenvalue weighted by Gasteiger charge is -2.16. The molecule has 0 aromatic heterocycles. The number of rotatable bonds is 1. The molecule has 1 N–H and O–H groups in total. The molecule has 2 atom stereocenters. The average Bonchev–Trinajstić information content (AvgIpc) is 2.28. The minimum Gasteiger partial charge on any atom is -0.358 e. The van der Waals surface area contributed by atoms with Crippen LogP contribution in [-0.2, 0) is 4.79 Å². The number of hydrogen-bond acceptors (Lipinski definition) is 2. The number of nitrogens with zero attached hydrogens (tertiary/aromatic N) is 1. The summed E-state index contributed by atoms with van der Waals surface area (Å²) in [7, 11) is 3.33. The fourth-order valence-electron chi connectivity index (χ4n) is 1.41. The second kappa shape index (κ2) is 3.17. The van der Waals surface area contributed by atoms with Gasteiger partial charge >= 0.3 is 0 Å². The Morgan fingerprint density at radius 3 is 2.73 bits per heavy atom. The molecule has 64 valence electrons. The van der Waals surface area contributed by atoms with Crippen LogP contribution < -0.4 is 5.32 Å². The summed E-state index contributed by atoms with van der Waals surface area (Å²) in [6.07, 6.45) is -0.516. The first-order chi connectivity index (χ1) is 5.15. The van der Waals surface area contributed by atoms with Crippen molar-refractivity contribution in [1.29, 1.82) is 0 Å². The van der Waals surface area contributed by atoms with Crippen molar-refractivity contribution < 1.29 is 9.18 Å². The fraction of sp³-hybridized carbons (Fsp3) is 0.857. The first kappa shape index (κ1) is 8.46. The van der Waals surface area contributed by atoms with Crippen LogP contribution in [0.15, 0.2) is 0 Å². The van der Waals surface area contributed by atoms with Gasteiger partial charge in [0.15, 0.2) is 0 Å². The van der Waals surface area contributed by atoms with Crippen molar-refractivity contribution in [2.75, 3.05) is 20.6 Å². The third-order valence-corrected chi connectivity index (χ3v) is 2.05. The largest absolute Gasteiger partial charge is 0.358 e. The summed E-state index contributed by atoms with van der Waals surface area (Å²) in [5.74, 6) is -0.0901. The van der Waals surface area contributed by atoms with E-state index >= 15 is 0 Å². The fourth-order valence-corrected chi connectivity index (χ4v) is 1.41. The van der Waals surface area contributed by atoms with E-state index in [1.807, 2.05) is 0 Å². The van der Waals surface area contributed by atoms with Crippen LogP contribution in [0, 0.1) is 0 Å². The lowest BCUT2D eigenvalue weighted by Crippen LogP contribution is -2.39. The van der Waals surface area contributed by atoms with Crippen LogP contribution in [0.4, 0.5) is 4.39 Å². The summed E-state index contributed by atoms with van der Waals surface area (Å²) in [5.41, 5.74) is 0. The monoisotopic (exact) mass is 160 g/mol. The average molecular weight is 160 g/mol. The van der Waals surface area contributed by atoms with Gasteiger partial charge in [-0.3, -0.25) is 9.69 Å². The second-order valence-electron chi connectivity index (χ2n) is 2.90. The number of carbonyl (C=O) groups excluding carboxylic acids is 1. The van der Waals surface area contributed by atoms with Crippen LogP contribution in [0.3, 0.4) is 0 Å². The molecule has 1 heterocycles. The van der Waals surface area contributed by atoms with Crippen molar-refractivity contribution in [1.82, 2.24) is 10.2 Å². The van der Waals surface area contributed by atoms with E-state index in [0.29, 0.717) is 13.0 Å². The molecule has 0 aliphatic carbocycles. The number of likely N-dealkylation sites (tertiary alicyclic amines) is 1. The number of likely N-dealkylation sites (N-methyl/N-ethyl adjacent to an activating group) is 2. The van der Waals surface area contributed by atoms with Gasteiger partial charge in [-0.1, -0.05) is 0 Å². The van der Waals surface area contributed by atoms with Crippen molar-refractivity contribution in [2.24, 2.45) is 0 Å². The van der Waals surface area contributed by atoms with Crippen molar-refractivity contribution in [2.45, 2.75) is 18.6 Å². The van der Waals surface area contributed by atoms with E-state index in [0.717, 1.165) is 0 Å². The molecule has 11 heavy (non-hydrogen) atoms. The van der Waals surface area contributed by atoms with Crippen LogP contribution in [0.5, 0.6) is 0 Å². The smallest absolute Gasteiger partial charge is 0.237 e. The second-order valence-corrected chi connectivity index (χ2v) is 2.90. The van der Waals surface area contributed by atoms with Gasteiger partial charge in [0.1, 0.15) is 6.17 Å². The highest BCUT2D eigenvalue weighted by Crippen LogP contribution is 2.17. The van der Waals surface area contributed by atoms with Gasteiger partial charge in [-0.2, -0.15) is 0 Å². The van der Waals surface area contributed by atoms with Crippen molar-refractivity contribution in [3.63, 3.8) is 0 Å². The maximum absolute atomic E-state index is 12.7. The molecule has 1 fully saturated rings. The van der Waals surface area contributed by atoms with E-state index in [1.165, 1.54) is 0 Å². The first-order valence-corrected chi connectivity index (χ1v) is 3.71. The molecule has 0 aromatic carbocycles. The van der Waals surface area contributed by atoms with Gasteiger partial charge in [0.2, 0.25) is 5.91 Å². The van der Waals surface area contributed by atoms with Gasteiger partial charge in [0, 0.05) is 20.0 Å². The Bertz CT molecular complexity index is 163. The third kappa shape index (κ3) is 1.68. The van der Waals surface area contributed by atoms with E-state index in [1.54, 1.807) is 19.0 Å². The summed E-state index contributed by atoms with van der Waals surface area (Å²) in [4.78, 5) is 12.8. The van der Waals surface area contributed by atoms with Crippen molar-refractivity contribution >= 4 is 5.91 Å². The molecule has 1 aliphatic heterocycles. The zero-order valence-corrected chi connectivity index (χ0v) is 6.80. The molecule has 0 aromatic rings. The molecule has 0 bridgehead atoms. The highest BCUT2D eigenvalue weighted by Gasteiger charge is 2.33. The summed E-state index contributed by atoms with van der Waals surface area (Å²) in [6.45, 7) is 0.373. The van der Waals surface area contributed by atoms with E-state index in [9.17, 15) is 9.18 Å². The maximum atomic E-state index is 12.7. The Labute approximate surface area is 65.6 Å². The Morgan fingerprint density at radius 1 is 1.73 bits per heavy atom. The van der Waals surface area contributed by atoms with Crippen LogP contribution in [0.1, 0.15) is 6.42 Å². The van der Waals surface area contributed by atoms with Gasteiger partial charge in [0.05, 0.1) is 6.04 Å². The normalized spacial score (nSPS) is 32.3. The molecule has 0 unspecified atom stereocenters. The lowest BCUT2D eigenvalue weighted by molar-refractivity contribution is -0.124. The number of amides is 1. The van der Waals surface area contributed by atoms with Crippen molar-refractivity contribution in [3.8, 4) is 0 Å². The molecular weight excluding hydrogens is 147 g/mol. The third-order valence-electron chi connectivity index (χ3n) is 2.05. The summed E-state index contributed by atoms with van der Waals surface area (Å²) < 4.78 is 12.7. The van der Waals surface area contributed by atoms with Crippen LogP contribution >= 0.6 is 0 Å². The number of nitrogens with one attached hydrogen (secondary N) is 1. The van der Waals surface area contributed by atoms with Crippen LogP contribution in [0.25, 0.3) is 0 Å². The Hall–Kier alpha value is -0.640. The summed E-state index contributed by atoms with van der Waals surface area (Å²) in [6, 6.07) is -0.269. The standard InChI is InChI=1S/C7H13FN2O/c1-9-7(11)6-3-5(8)4-10(6)2/h5-6H,3-4H2,1-2H3,(H,9,11)/t5-,6+/m1/s1. The van der Waals surface area contributed by atoms with Gasteiger partial charge < -0.3 is 5.32 Å². The number of hydrogen-bond donors (Lipinski definition) is 1. The van der Waals surface area contributed by atoms with Gasteiger partial charge in [-0.15, -0.1) is 0 Å². The molecule has 0 spiro atoms. The van der Waals surface area contributed by atoms with E-state index in [2.05, 4.69) is 5.32 Å². The predicted molar refractivity (Wildman–Crippen MR) is 40.0 cm³/mol. The number of halogens is 1. The first-order valence-electron chi connectivity index (χ1n) is 3.71. The van der Waals surface area contributed by atoms with Gasteiger partial charge in [0.25, 0.3) is 0 Å². The van der Waals surface area contributed by atoms with Crippen molar-refractivity contribution in [3.05, 3.63) is 0 Å².